The molecule has 3 aromatic carbocycles. The van der Waals surface area contributed by atoms with Crippen molar-refractivity contribution < 1.29 is 5.11 Å². The summed E-state index contributed by atoms with van der Waals surface area (Å²) in [5.74, 6) is 0.434. The number of aromatic amines is 2. The van der Waals surface area contributed by atoms with E-state index in [4.69, 9.17) is 0 Å². The van der Waals surface area contributed by atoms with Crippen LogP contribution in [-0.4, -0.2) is 24.9 Å². The van der Waals surface area contributed by atoms with Crippen LogP contribution in [0.15, 0.2) is 59.5 Å². The molecule has 0 fully saturated rings. The quantitative estimate of drug-likeness (QED) is 0.436. The van der Waals surface area contributed by atoms with Crippen LogP contribution in [0.25, 0.3) is 38.8 Å². The minimum Gasteiger partial charge on any atom is -0.507 e. The molecule has 2 aromatic heterocycles. The zero-order valence-electron chi connectivity index (χ0n) is 15.4. The maximum Gasteiger partial charge on any atom is 0.348 e. The molecular weight excluding hydrogens is 352 g/mol. The van der Waals surface area contributed by atoms with Gasteiger partial charge >= 0.3 is 5.69 Å². The lowest BCUT2D eigenvalue weighted by atomic mass is 10.0. The number of aryl methyl sites for hydroxylation is 2. The van der Waals surface area contributed by atoms with Crippen LogP contribution in [0.4, 0.5) is 0 Å². The first-order chi connectivity index (χ1) is 13.5. The number of nitrogens with zero attached hydrogens (tertiary/aromatic N) is 2. The number of nitrogens with one attached hydrogen (secondary N) is 2. The summed E-state index contributed by atoms with van der Waals surface area (Å²) < 4.78 is 1.51. The summed E-state index contributed by atoms with van der Waals surface area (Å²) in [6.45, 7) is 4.03. The maximum absolute atomic E-state index is 12.7. The van der Waals surface area contributed by atoms with Crippen molar-refractivity contribution in [2.75, 3.05) is 0 Å². The maximum atomic E-state index is 12.7. The Kier molecular flexibility index (Phi) is 3.42. The molecule has 0 atom stereocenters. The lowest BCUT2D eigenvalue weighted by Crippen LogP contribution is -2.16. The third kappa shape index (κ3) is 2.35. The molecular formula is C22H18N4O2. The molecule has 0 spiro atoms. The summed E-state index contributed by atoms with van der Waals surface area (Å²) in [6.07, 6.45) is 1.89. The summed E-state index contributed by atoms with van der Waals surface area (Å²) in [5.41, 5.74) is 3.91. The van der Waals surface area contributed by atoms with E-state index in [0.29, 0.717) is 11.4 Å². The molecule has 3 N–H and O–H groups in total. The lowest BCUT2D eigenvalue weighted by molar-refractivity contribution is 0.477. The monoisotopic (exact) mass is 370 g/mol. The first kappa shape index (κ1) is 16.4. The Labute approximate surface area is 160 Å². The van der Waals surface area contributed by atoms with E-state index in [1.165, 1.54) is 4.57 Å². The van der Waals surface area contributed by atoms with Gasteiger partial charge in [0, 0.05) is 28.6 Å². The molecule has 0 saturated heterocycles. The average Bonchev–Trinajstić information content (AvgIpc) is 3.23. The van der Waals surface area contributed by atoms with Crippen molar-refractivity contribution in [3.05, 3.63) is 76.3 Å². The second-order valence-electron chi connectivity index (χ2n) is 7.08. The first-order valence-electron chi connectivity index (χ1n) is 9.01. The van der Waals surface area contributed by atoms with E-state index < -0.39 is 0 Å². The summed E-state index contributed by atoms with van der Waals surface area (Å²) in [4.78, 5) is 15.8. The standard InChI is InChI=1S/C22H18N4O2/c1-12-6-7-15-14(8-12)4-3-5-19(15)26-21(24-25-22(26)28)17-9-16-13(2)11-23-18(16)10-20(17)27/h3-11,23,27H,1-2H3,(H,25,28). The van der Waals surface area contributed by atoms with Crippen LogP contribution in [0, 0.1) is 13.8 Å². The number of rotatable bonds is 2. The lowest BCUT2D eigenvalue weighted by Gasteiger charge is -2.11. The third-order valence-corrected chi connectivity index (χ3v) is 5.17. The van der Waals surface area contributed by atoms with Crippen molar-refractivity contribution in [1.29, 1.82) is 0 Å². The molecule has 0 aliphatic carbocycles. The Balaban J connectivity index is 1.82. The Bertz CT molecular complexity index is 1420. The van der Waals surface area contributed by atoms with E-state index in [1.807, 2.05) is 56.4 Å². The number of hydrogen-bond donors (Lipinski definition) is 3. The fourth-order valence-electron chi connectivity index (χ4n) is 3.76. The predicted molar refractivity (Wildman–Crippen MR) is 110 cm³/mol. The second kappa shape index (κ2) is 5.85. The van der Waals surface area contributed by atoms with E-state index in [9.17, 15) is 9.90 Å². The number of fused-ring (bicyclic) bond motifs is 2. The summed E-state index contributed by atoms with van der Waals surface area (Å²) in [6, 6.07) is 15.4. The first-order valence-corrected chi connectivity index (χ1v) is 9.01. The van der Waals surface area contributed by atoms with Crippen LogP contribution in [0.5, 0.6) is 5.75 Å². The largest absolute Gasteiger partial charge is 0.507 e. The number of H-pyrrole nitrogens is 2. The topological polar surface area (TPSA) is 86.7 Å². The number of aromatic nitrogens is 4. The van der Waals surface area contributed by atoms with Gasteiger partial charge in [0.05, 0.1) is 11.3 Å². The molecule has 5 rings (SSSR count). The Hall–Kier alpha value is -3.80. The van der Waals surface area contributed by atoms with Crippen LogP contribution in [0.1, 0.15) is 11.1 Å². The summed E-state index contributed by atoms with van der Waals surface area (Å²) in [5, 5.41) is 20.3. The SMILES string of the molecule is Cc1ccc2c(-n3c(-c4cc5c(C)c[nH]c5cc4O)n[nH]c3=O)cccc2c1. The fraction of sp³-hybridized carbons (Fsp3) is 0.0909. The van der Waals surface area contributed by atoms with Gasteiger partial charge in [-0.05, 0) is 36.9 Å². The third-order valence-electron chi connectivity index (χ3n) is 5.17. The van der Waals surface area contributed by atoms with Gasteiger partial charge in [-0.3, -0.25) is 0 Å². The minimum absolute atomic E-state index is 0.0608. The molecule has 138 valence electrons. The normalized spacial score (nSPS) is 11.5. The van der Waals surface area contributed by atoms with Crippen LogP contribution in [-0.2, 0) is 0 Å². The second-order valence-corrected chi connectivity index (χ2v) is 7.08. The number of aromatic hydroxyl groups is 1. The number of phenols is 1. The van der Waals surface area contributed by atoms with Crippen molar-refractivity contribution >= 4 is 21.7 Å². The van der Waals surface area contributed by atoms with Gasteiger partial charge in [0.2, 0.25) is 0 Å². The highest BCUT2D eigenvalue weighted by Crippen LogP contribution is 2.34. The van der Waals surface area contributed by atoms with Crippen molar-refractivity contribution in [3.63, 3.8) is 0 Å². The summed E-state index contributed by atoms with van der Waals surface area (Å²) in [7, 11) is 0. The molecule has 0 aliphatic rings. The molecule has 0 unspecified atom stereocenters. The van der Waals surface area contributed by atoms with Gasteiger partial charge < -0.3 is 10.1 Å². The minimum atomic E-state index is -0.353. The number of phenolic OH excluding ortho intramolecular Hbond substituents is 1. The van der Waals surface area contributed by atoms with E-state index in [-0.39, 0.29) is 11.4 Å². The van der Waals surface area contributed by atoms with Crippen molar-refractivity contribution in [3.8, 4) is 22.8 Å². The van der Waals surface area contributed by atoms with E-state index in [0.717, 1.165) is 38.5 Å². The van der Waals surface area contributed by atoms with Gasteiger partial charge in [-0.1, -0.05) is 35.9 Å². The zero-order valence-corrected chi connectivity index (χ0v) is 15.4. The molecule has 0 aliphatic heterocycles. The van der Waals surface area contributed by atoms with E-state index in [2.05, 4.69) is 21.2 Å². The number of hydrogen-bond acceptors (Lipinski definition) is 3. The Morgan fingerprint density at radius 1 is 1.04 bits per heavy atom. The van der Waals surface area contributed by atoms with Crippen LogP contribution in [0.3, 0.4) is 0 Å². The van der Waals surface area contributed by atoms with Gasteiger partial charge in [0.1, 0.15) is 5.75 Å². The van der Waals surface area contributed by atoms with E-state index >= 15 is 0 Å². The highest BCUT2D eigenvalue weighted by Gasteiger charge is 2.19. The van der Waals surface area contributed by atoms with Crippen LogP contribution < -0.4 is 5.69 Å². The Morgan fingerprint density at radius 2 is 1.89 bits per heavy atom. The molecule has 0 saturated carbocycles. The van der Waals surface area contributed by atoms with Crippen LogP contribution in [0.2, 0.25) is 0 Å². The van der Waals surface area contributed by atoms with Crippen molar-refractivity contribution in [2.45, 2.75) is 13.8 Å². The Morgan fingerprint density at radius 3 is 2.75 bits per heavy atom. The highest BCUT2D eigenvalue weighted by molar-refractivity contribution is 5.93. The molecule has 2 heterocycles. The average molecular weight is 370 g/mol. The number of benzene rings is 3. The zero-order chi connectivity index (χ0) is 19.4. The van der Waals surface area contributed by atoms with Gasteiger partial charge in [-0.15, -0.1) is 0 Å². The van der Waals surface area contributed by atoms with Crippen molar-refractivity contribution in [1.82, 2.24) is 19.7 Å². The van der Waals surface area contributed by atoms with E-state index in [1.54, 1.807) is 6.07 Å². The molecule has 5 aromatic rings. The van der Waals surface area contributed by atoms with Gasteiger partial charge in [-0.2, -0.15) is 5.10 Å². The smallest absolute Gasteiger partial charge is 0.348 e. The summed E-state index contributed by atoms with van der Waals surface area (Å²) >= 11 is 0. The van der Waals surface area contributed by atoms with Gasteiger partial charge in [0.15, 0.2) is 5.82 Å². The molecule has 6 heteroatoms. The predicted octanol–water partition coefficient (Wildman–Crippen LogP) is 4.18. The molecule has 0 amide bonds. The molecule has 6 nitrogen and oxygen atoms in total. The van der Waals surface area contributed by atoms with Crippen molar-refractivity contribution in [2.24, 2.45) is 0 Å². The molecule has 0 radical (unpaired) electrons. The fourth-order valence-corrected chi connectivity index (χ4v) is 3.76. The van der Waals surface area contributed by atoms with Crippen LogP contribution >= 0.6 is 0 Å². The molecule has 0 bridgehead atoms. The van der Waals surface area contributed by atoms with Gasteiger partial charge in [-0.25, -0.2) is 14.5 Å². The molecule has 28 heavy (non-hydrogen) atoms. The highest BCUT2D eigenvalue weighted by atomic mass is 16.3. The van der Waals surface area contributed by atoms with Gasteiger partial charge in [0.25, 0.3) is 0 Å².